The zero-order valence-electron chi connectivity index (χ0n) is 11.6. The van der Waals surface area contributed by atoms with E-state index in [1.54, 1.807) is 6.08 Å². The number of hydrogen-bond acceptors (Lipinski definition) is 3. The zero-order chi connectivity index (χ0) is 13.9. The predicted octanol–water partition coefficient (Wildman–Crippen LogP) is 2.73. The number of nitrogens with one attached hydrogen (secondary N) is 1. The molecule has 0 amide bonds. The van der Waals surface area contributed by atoms with Gasteiger partial charge in [-0.1, -0.05) is 37.3 Å². The van der Waals surface area contributed by atoms with Crippen molar-refractivity contribution in [1.82, 2.24) is 5.32 Å². The quantitative estimate of drug-likeness (QED) is 0.667. The number of carbonyl (C=O) groups is 1. The Morgan fingerprint density at radius 2 is 2.32 bits per heavy atom. The standard InChI is InChI=1S/C16H21NO2/c1-4-11-17-16(15(18)19-3)10-9-12(2)13-7-5-6-8-14(13)16/h4-8,12,17H,1,9-11H2,2-3H3. The number of benzene rings is 1. The van der Waals surface area contributed by atoms with E-state index in [4.69, 9.17) is 4.74 Å². The lowest BCUT2D eigenvalue weighted by Crippen LogP contribution is -2.52. The molecule has 0 fully saturated rings. The highest BCUT2D eigenvalue weighted by Gasteiger charge is 2.45. The average Bonchev–Trinajstić information content (AvgIpc) is 2.46. The summed E-state index contributed by atoms with van der Waals surface area (Å²) < 4.78 is 5.05. The fraction of sp³-hybridized carbons (Fsp3) is 0.438. The highest BCUT2D eigenvalue weighted by Crippen LogP contribution is 2.41. The van der Waals surface area contributed by atoms with Crippen molar-refractivity contribution in [3.05, 3.63) is 48.0 Å². The van der Waals surface area contributed by atoms with Crippen molar-refractivity contribution >= 4 is 5.97 Å². The number of rotatable bonds is 4. The number of fused-ring (bicyclic) bond motifs is 1. The molecule has 2 rings (SSSR count). The molecule has 1 N–H and O–H groups in total. The molecule has 2 unspecified atom stereocenters. The van der Waals surface area contributed by atoms with Gasteiger partial charge in [-0.15, -0.1) is 6.58 Å². The van der Waals surface area contributed by atoms with Gasteiger partial charge in [0.2, 0.25) is 0 Å². The topological polar surface area (TPSA) is 38.3 Å². The molecule has 3 heteroatoms. The molecule has 1 aromatic carbocycles. The van der Waals surface area contributed by atoms with Gasteiger partial charge in [0.15, 0.2) is 0 Å². The van der Waals surface area contributed by atoms with Gasteiger partial charge in [0.25, 0.3) is 0 Å². The van der Waals surface area contributed by atoms with Crippen molar-refractivity contribution in [3.8, 4) is 0 Å². The van der Waals surface area contributed by atoms with Crippen LogP contribution in [0.2, 0.25) is 0 Å². The van der Waals surface area contributed by atoms with E-state index in [9.17, 15) is 4.79 Å². The summed E-state index contributed by atoms with van der Waals surface area (Å²) in [5, 5.41) is 3.32. The van der Waals surface area contributed by atoms with E-state index < -0.39 is 5.54 Å². The summed E-state index contributed by atoms with van der Waals surface area (Å²) in [5.41, 5.74) is 1.55. The second kappa shape index (κ2) is 5.57. The minimum atomic E-state index is -0.730. The van der Waals surface area contributed by atoms with Crippen LogP contribution in [-0.4, -0.2) is 19.6 Å². The second-order valence-corrected chi connectivity index (χ2v) is 5.09. The maximum atomic E-state index is 12.3. The lowest BCUT2D eigenvalue weighted by Gasteiger charge is -2.39. The molecule has 19 heavy (non-hydrogen) atoms. The molecule has 2 atom stereocenters. The van der Waals surface area contributed by atoms with E-state index in [-0.39, 0.29) is 5.97 Å². The van der Waals surface area contributed by atoms with Gasteiger partial charge in [0.05, 0.1) is 7.11 Å². The Labute approximate surface area is 114 Å². The third kappa shape index (κ3) is 2.30. The predicted molar refractivity (Wildman–Crippen MR) is 76.0 cm³/mol. The first-order valence-corrected chi connectivity index (χ1v) is 6.69. The lowest BCUT2D eigenvalue weighted by atomic mass is 9.72. The molecule has 0 heterocycles. The number of methoxy groups -OCH3 is 1. The fourth-order valence-corrected chi connectivity index (χ4v) is 2.93. The van der Waals surface area contributed by atoms with Gasteiger partial charge in [0, 0.05) is 6.54 Å². The molecule has 0 saturated carbocycles. The minimum Gasteiger partial charge on any atom is -0.467 e. The first-order valence-electron chi connectivity index (χ1n) is 6.69. The molecule has 0 aromatic heterocycles. The van der Waals surface area contributed by atoms with Gasteiger partial charge in [0.1, 0.15) is 5.54 Å². The molecular weight excluding hydrogens is 238 g/mol. The summed E-state index contributed by atoms with van der Waals surface area (Å²) in [6.07, 6.45) is 3.49. The van der Waals surface area contributed by atoms with Gasteiger partial charge in [-0.3, -0.25) is 5.32 Å². The molecule has 0 bridgehead atoms. The van der Waals surface area contributed by atoms with Gasteiger partial charge < -0.3 is 4.74 Å². The second-order valence-electron chi connectivity index (χ2n) is 5.09. The van der Waals surface area contributed by atoms with Crippen molar-refractivity contribution in [3.63, 3.8) is 0 Å². The van der Waals surface area contributed by atoms with Crippen molar-refractivity contribution in [1.29, 1.82) is 0 Å². The van der Waals surface area contributed by atoms with Crippen LogP contribution < -0.4 is 5.32 Å². The molecule has 1 aliphatic rings. The van der Waals surface area contributed by atoms with Crippen LogP contribution in [0.3, 0.4) is 0 Å². The smallest absolute Gasteiger partial charge is 0.330 e. The lowest BCUT2D eigenvalue weighted by molar-refractivity contribution is -0.150. The first kappa shape index (κ1) is 13.8. The Morgan fingerprint density at radius 1 is 1.58 bits per heavy atom. The monoisotopic (exact) mass is 259 g/mol. The Hall–Kier alpha value is -1.61. The molecule has 1 aromatic rings. The molecule has 0 radical (unpaired) electrons. The summed E-state index contributed by atoms with van der Waals surface area (Å²) in [6.45, 7) is 6.50. The Kier molecular flexibility index (Phi) is 4.05. The Balaban J connectivity index is 2.52. The molecule has 102 valence electrons. The maximum Gasteiger partial charge on any atom is 0.330 e. The van der Waals surface area contributed by atoms with Gasteiger partial charge in [-0.25, -0.2) is 4.79 Å². The van der Waals surface area contributed by atoms with Crippen LogP contribution in [-0.2, 0) is 15.1 Å². The fourth-order valence-electron chi connectivity index (χ4n) is 2.93. The maximum absolute atomic E-state index is 12.3. The molecule has 0 saturated heterocycles. The Morgan fingerprint density at radius 3 is 3.00 bits per heavy atom. The molecular formula is C16H21NO2. The summed E-state index contributed by atoms with van der Waals surface area (Å²) >= 11 is 0. The normalized spacial score (nSPS) is 25.5. The molecule has 3 nitrogen and oxygen atoms in total. The van der Waals surface area contributed by atoms with Gasteiger partial charge in [-0.05, 0) is 29.9 Å². The highest BCUT2D eigenvalue weighted by atomic mass is 16.5. The molecule has 0 spiro atoms. The van der Waals surface area contributed by atoms with E-state index in [0.29, 0.717) is 12.5 Å². The van der Waals surface area contributed by atoms with Crippen molar-refractivity contribution in [2.45, 2.75) is 31.2 Å². The summed E-state index contributed by atoms with van der Waals surface area (Å²) in [4.78, 5) is 12.3. The number of ether oxygens (including phenoxy) is 1. The summed E-state index contributed by atoms with van der Waals surface area (Å²) in [7, 11) is 1.44. The average molecular weight is 259 g/mol. The molecule has 0 aliphatic heterocycles. The zero-order valence-corrected chi connectivity index (χ0v) is 11.6. The van der Waals surface area contributed by atoms with E-state index in [0.717, 1.165) is 18.4 Å². The van der Waals surface area contributed by atoms with Crippen LogP contribution in [0.25, 0.3) is 0 Å². The van der Waals surface area contributed by atoms with Crippen molar-refractivity contribution in [2.75, 3.05) is 13.7 Å². The SMILES string of the molecule is C=CCNC1(C(=O)OC)CCC(C)c2ccccc21. The number of esters is 1. The third-order valence-corrected chi connectivity index (χ3v) is 3.99. The van der Waals surface area contributed by atoms with Crippen molar-refractivity contribution < 1.29 is 9.53 Å². The largest absolute Gasteiger partial charge is 0.467 e. The van der Waals surface area contributed by atoms with Crippen LogP contribution in [0.5, 0.6) is 0 Å². The summed E-state index contributed by atoms with van der Waals surface area (Å²) in [5.74, 6) is 0.258. The van der Waals surface area contributed by atoms with E-state index in [2.05, 4.69) is 24.9 Å². The van der Waals surface area contributed by atoms with Crippen LogP contribution in [0.15, 0.2) is 36.9 Å². The minimum absolute atomic E-state index is 0.214. The van der Waals surface area contributed by atoms with E-state index in [1.807, 2.05) is 18.2 Å². The highest BCUT2D eigenvalue weighted by molar-refractivity contribution is 5.83. The van der Waals surface area contributed by atoms with Crippen LogP contribution >= 0.6 is 0 Å². The first-order chi connectivity index (χ1) is 9.15. The van der Waals surface area contributed by atoms with Gasteiger partial charge >= 0.3 is 5.97 Å². The molecule has 1 aliphatic carbocycles. The van der Waals surface area contributed by atoms with Crippen LogP contribution in [0.1, 0.15) is 36.8 Å². The van der Waals surface area contributed by atoms with Crippen molar-refractivity contribution in [2.24, 2.45) is 0 Å². The number of carbonyl (C=O) groups excluding carboxylic acids is 1. The van der Waals surface area contributed by atoms with E-state index >= 15 is 0 Å². The van der Waals surface area contributed by atoms with Gasteiger partial charge in [-0.2, -0.15) is 0 Å². The van der Waals surface area contributed by atoms with E-state index in [1.165, 1.54) is 12.7 Å². The Bertz CT molecular complexity index is 483. The third-order valence-electron chi connectivity index (χ3n) is 3.99. The summed E-state index contributed by atoms with van der Waals surface area (Å²) in [6, 6.07) is 8.13. The van der Waals surface area contributed by atoms with Crippen LogP contribution in [0, 0.1) is 0 Å². The van der Waals surface area contributed by atoms with Crippen LogP contribution in [0.4, 0.5) is 0 Å². The number of hydrogen-bond donors (Lipinski definition) is 1.